The molecule has 0 bridgehead atoms. The van der Waals surface area contributed by atoms with Crippen molar-refractivity contribution in [1.82, 2.24) is 9.21 Å². The first-order valence-corrected chi connectivity index (χ1v) is 13.3. The smallest absolute Gasteiger partial charge is 0.243 e. The van der Waals surface area contributed by atoms with Crippen molar-refractivity contribution in [2.24, 2.45) is 0 Å². The van der Waals surface area contributed by atoms with Gasteiger partial charge in [-0.15, -0.1) is 0 Å². The molecular formula is C26H28ClFN2O5S. The first-order chi connectivity index (χ1) is 17.0. The van der Waals surface area contributed by atoms with Crippen molar-refractivity contribution < 1.29 is 22.0 Å². The van der Waals surface area contributed by atoms with E-state index in [1.807, 2.05) is 30.9 Å². The zero-order valence-electron chi connectivity index (χ0n) is 20.4. The molecule has 0 aliphatic carbocycles. The van der Waals surface area contributed by atoms with Gasteiger partial charge in [0.25, 0.3) is 0 Å². The van der Waals surface area contributed by atoms with E-state index >= 15 is 0 Å². The van der Waals surface area contributed by atoms with E-state index in [1.165, 1.54) is 16.6 Å². The molecule has 0 saturated carbocycles. The Bertz CT molecular complexity index is 1410. The molecule has 0 amide bonds. The number of piperazine rings is 1. The third-order valence-corrected chi connectivity index (χ3v) is 8.54. The van der Waals surface area contributed by atoms with Gasteiger partial charge in [0.05, 0.1) is 11.4 Å². The van der Waals surface area contributed by atoms with Gasteiger partial charge in [-0.25, -0.2) is 12.8 Å². The molecule has 0 unspecified atom stereocenters. The van der Waals surface area contributed by atoms with Crippen LogP contribution in [0.1, 0.15) is 28.0 Å². The number of sulfonamides is 1. The minimum Gasteiger partial charge on any atom is -0.482 e. The Morgan fingerprint density at radius 3 is 2.31 bits per heavy atom. The van der Waals surface area contributed by atoms with Gasteiger partial charge in [0, 0.05) is 37.3 Å². The van der Waals surface area contributed by atoms with E-state index in [0.29, 0.717) is 31.0 Å². The molecule has 1 fully saturated rings. The molecule has 3 aromatic rings. The van der Waals surface area contributed by atoms with Crippen LogP contribution in [-0.2, 0) is 23.2 Å². The standard InChI is InChI=1S/C26H28ClFN2O5S/c1-17-8-18(2)10-20(9-17)15-35-25-16-34-22(13-24(25)31)14-29-4-6-30(7-5-29)36(32,33)26-12-21(28)11-23(27)19(26)3/h8-13,16H,4-7,14-15H2,1-3H3. The van der Waals surface area contributed by atoms with Crippen molar-refractivity contribution in [1.29, 1.82) is 0 Å². The summed E-state index contributed by atoms with van der Waals surface area (Å²) in [7, 11) is -3.89. The van der Waals surface area contributed by atoms with Crippen LogP contribution in [0.3, 0.4) is 0 Å². The van der Waals surface area contributed by atoms with E-state index in [1.54, 1.807) is 6.92 Å². The molecule has 0 N–H and O–H groups in total. The van der Waals surface area contributed by atoms with E-state index in [4.69, 9.17) is 20.8 Å². The Labute approximate surface area is 215 Å². The molecule has 1 aliphatic heterocycles. The maximum atomic E-state index is 13.8. The summed E-state index contributed by atoms with van der Waals surface area (Å²) in [5.74, 6) is -0.0972. The highest BCUT2D eigenvalue weighted by molar-refractivity contribution is 7.89. The molecule has 7 nitrogen and oxygen atoms in total. The highest BCUT2D eigenvalue weighted by Crippen LogP contribution is 2.28. The molecule has 0 radical (unpaired) electrons. The fourth-order valence-electron chi connectivity index (χ4n) is 4.32. The lowest BCUT2D eigenvalue weighted by Crippen LogP contribution is -2.48. The van der Waals surface area contributed by atoms with Crippen LogP contribution in [0.4, 0.5) is 4.39 Å². The van der Waals surface area contributed by atoms with Crippen molar-refractivity contribution in [3.8, 4) is 5.75 Å². The minimum atomic E-state index is -3.89. The SMILES string of the molecule is Cc1cc(C)cc(COc2coc(CN3CCN(S(=O)(=O)c4cc(F)cc(Cl)c4C)CC3)cc2=O)c1. The van der Waals surface area contributed by atoms with E-state index in [9.17, 15) is 17.6 Å². The highest BCUT2D eigenvalue weighted by atomic mass is 35.5. The van der Waals surface area contributed by atoms with Crippen LogP contribution < -0.4 is 10.2 Å². The molecule has 0 spiro atoms. The topological polar surface area (TPSA) is 80.1 Å². The molecule has 192 valence electrons. The van der Waals surface area contributed by atoms with Gasteiger partial charge in [0.15, 0.2) is 0 Å². The molecule has 1 saturated heterocycles. The number of nitrogens with zero attached hydrogens (tertiary/aromatic N) is 2. The van der Waals surface area contributed by atoms with Gasteiger partial charge in [-0.2, -0.15) is 4.31 Å². The zero-order chi connectivity index (χ0) is 26.0. The minimum absolute atomic E-state index is 0.0728. The van der Waals surface area contributed by atoms with Crippen molar-refractivity contribution >= 4 is 21.6 Å². The summed E-state index contributed by atoms with van der Waals surface area (Å²) < 4.78 is 52.6. The number of aryl methyl sites for hydroxylation is 2. The lowest BCUT2D eigenvalue weighted by Gasteiger charge is -2.33. The number of ether oxygens (including phenoxy) is 1. The molecular weight excluding hydrogens is 507 g/mol. The molecule has 36 heavy (non-hydrogen) atoms. The van der Waals surface area contributed by atoms with Crippen molar-refractivity contribution in [2.75, 3.05) is 26.2 Å². The third kappa shape index (κ3) is 5.98. The average molecular weight is 535 g/mol. The maximum Gasteiger partial charge on any atom is 0.243 e. The summed E-state index contributed by atoms with van der Waals surface area (Å²) in [6.07, 6.45) is 1.32. The Hall–Kier alpha value is -2.72. The Morgan fingerprint density at radius 1 is 1.00 bits per heavy atom. The molecule has 4 rings (SSSR count). The molecule has 1 aromatic heterocycles. The van der Waals surface area contributed by atoms with E-state index in [2.05, 4.69) is 6.07 Å². The second kappa shape index (κ2) is 10.7. The van der Waals surface area contributed by atoms with Gasteiger partial charge in [0.1, 0.15) is 24.4 Å². The molecule has 10 heteroatoms. The summed E-state index contributed by atoms with van der Waals surface area (Å²) in [6.45, 7) is 7.48. The fraction of sp³-hybridized carbons (Fsp3) is 0.346. The van der Waals surface area contributed by atoms with Crippen LogP contribution in [0.25, 0.3) is 0 Å². The quantitative estimate of drug-likeness (QED) is 0.446. The average Bonchev–Trinajstić information content (AvgIpc) is 2.80. The van der Waals surface area contributed by atoms with Crippen LogP contribution in [0.5, 0.6) is 5.75 Å². The number of benzene rings is 2. The predicted octanol–water partition coefficient (Wildman–Crippen LogP) is 4.44. The second-order valence-electron chi connectivity index (χ2n) is 9.05. The van der Waals surface area contributed by atoms with Crippen LogP contribution >= 0.6 is 11.6 Å². The summed E-state index contributed by atoms with van der Waals surface area (Å²) >= 11 is 5.99. The summed E-state index contributed by atoms with van der Waals surface area (Å²) in [5.41, 5.74) is 3.26. The molecule has 1 aliphatic rings. The largest absolute Gasteiger partial charge is 0.482 e. The van der Waals surface area contributed by atoms with Crippen LogP contribution in [0.2, 0.25) is 5.02 Å². The zero-order valence-corrected chi connectivity index (χ0v) is 22.0. The molecule has 2 aromatic carbocycles. The monoisotopic (exact) mass is 534 g/mol. The van der Waals surface area contributed by atoms with E-state index in [0.717, 1.165) is 28.8 Å². The van der Waals surface area contributed by atoms with Gasteiger partial charge in [-0.1, -0.05) is 40.9 Å². The van der Waals surface area contributed by atoms with Crippen LogP contribution in [-0.4, -0.2) is 43.8 Å². The Morgan fingerprint density at radius 2 is 1.67 bits per heavy atom. The fourth-order valence-corrected chi connectivity index (χ4v) is 6.26. The lowest BCUT2D eigenvalue weighted by atomic mass is 10.1. The van der Waals surface area contributed by atoms with Gasteiger partial charge >= 0.3 is 0 Å². The third-order valence-electron chi connectivity index (χ3n) is 6.12. The van der Waals surface area contributed by atoms with Gasteiger partial charge < -0.3 is 9.15 Å². The predicted molar refractivity (Wildman–Crippen MR) is 135 cm³/mol. The molecule has 2 heterocycles. The van der Waals surface area contributed by atoms with Gasteiger partial charge in [0.2, 0.25) is 21.2 Å². The Kier molecular flexibility index (Phi) is 7.85. The summed E-state index contributed by atoms with van der Waals surface area (Å²) in [5, 5.41) is 0.0728. The summed E-state index contributed by atoms with van der Waals surface area (Å²) in [4.78, 5) is 14.4. The Balaban J connectivity index is 1.36. The molecule has 0 atom stereocenters. The number of halogens is 2. The first-order valence-electron chi connectivity index (χ1n) is 11.5. The maximum absolute atomic E-state index is 13.8. The normalized spacial score (nSPS) is 15.2. The number of hydrogen-bond acceptors (Lipinski definition) is 6. The van der Waals surface area contributed by atoms with Crippen molar-refractivity contribution in [3.05, 3.63) is 91.7 Å². The van der Waals surface area contributed by atoms with E-state index < -0.39 is 15.8 Å². The van der Waals surface area contributed by atoms with Crippen molar-refractivity contribution in [3.63, 3.8) is 0 Å². The van der Waals surface area contributed by atoms with E-state index in [-0.39, 0.29) is 40.8 Å². The van der Waals surface area contributed by atoms with Crippen molar-refractivity contribution in [2.45, 2.75) is 38.8 Å². The number of hydrogen-bond donors (Lipinski definition) is 0. The number of rotatable bonds is 7. The van der Waals surface area contributed by atoms with Gasteiger partial charge in [-0.3, -0.25) is 9.69 Å². The second-order valence-corrected chi connectivity index (χ2v) is 11.4. The van der Waals surface area contributed by atoms with Gasteiger partial charge in [-0.05, 0) is 44.0 Å². The summed E-state index contributed by atoms with van der Waals surface area (Å²) in [6, 6.07) is 9.58. The van der Waals surface area contributed by atoms with Crippen LogP contribution in [0, 0.1) is 26.6 Å². The highest BCUT2D eigenvalue weighted by Gasteiger charge is 2.31. The lowest BCUT2D eigenvalue weighted by molar-refractivity contribution is 0.169. The first kappa shape index (κ1) is 26.3. The van der Waals surface area contributed by atoms with Crippen LogP contribution in [0.15, 0.2) is 56.8 Å².